The third-order valence-electron chi connectivity index (χ3n) is 16.5. The van der Waals surface area contributed by atoms with E-state index >= 15 is 0 Å². The van der Waals surface area contributed by atoms with Gasteiger partial charge in [-0.1, -0.05) is 360 Å². The Morgan fingerprint density at radius 1 is 0.244 bits per heavy atom. The summed E-state index contributed by atoms with van der Waals surface area (Å²) in [5.41, 5.74) is 0. The highest BCUT2D eigenvalue weighted by Gasteiger charge is 2.19. The summed E-state index contributed by atoms with van der Waals surface area (Å²) < 4.78 is 17.0. The number of rotatable bonds is 67. The first-order valence-corrected chi connectivity index (χ1v) is 35.7. The molecule has 0 aromatic rings. The molecule has 0 radical (unpaired) electrons. The SMILES string of the molecule is CCCCCCCCCC/C=C\CCCCCCCCCCCCCCCCCCCCCC(=O)OCC(COC(=O)CCCCCCCCCCCCCCC)OC(=O)CCCCCCCCCCCCCCCCCC. The fourth-order valence-corrected chi connectivity index (χ4v) is 11.2. The fourth-order valence-electron chi connectivity index (χ4n) is 11.2. The minimum atomic E-state index is -0.764. The van der Waals surface area contributed by atoms with Crippen molar-refractivity contribution < 1.29 is 28.6 Å². The van der Waals surface area contributed by atoms with Crippen LogP contribution in [0.1, 0.15) is 412 Å². The van der Waals surface area contributed by atoms with Crippen molar-refractivity contribution in [2.45, 2.75) is 419 Å². The van der Waals surface area contributed by atoms with E-state index < -0.39 is 6.10 Å². The molecule has 0 saturated carbocycles. The molecule has 0 aliphatic rings. The quantitative estimate of drug-likeness (QED) is 0.0261. The number of hydrogen-bond donors (Lipinski definition) is 0. The first-order valence-electron chi connectivity index (χ1n) is 35.7. The molecule has 0 N–H and O–H groups in total. The molecule has 1 unspecified atom stereocenters. The lowest BCUT2D eigenvalue weighted by molar-refractivity contribution is -0.167. The van der Waals surface area contributed by atoms with Crippen LogP contribution in [-0.4, -0.2) is 37.2 Å². The van der Waals surface area contributed by atoms with Crippen LogP contribution in [0.3, 0.4) is 0 Å². The Balaban J connectivity index is 4.10. The third-order valence-corrected chi connectivity index (χ3v) is 16.5. The van der Waals surface area contributed by atoms with Gasteiger partial charge in [0.05, 0.1) is 0 Å². The second kappa shape index (κ2) is 67.7. The Labute approximate surface area is 488 Å². The van der Waals surface area contributed by atoms with E-state index in [1.807, 2.05) is 0 Å². The van der Waals surface area contributed by atoms with E-state index in [2.05, 4.69) is 32.9 Å². The van der Waals surface area contributed by atoms with Crippen molar-refractivity contribution in [3.05, 3.63) is 12.2 Å². The van der Waals surface area contributed by atoms with Gasteiger partial charge >= 0.3 is 17.9 Å². The molecule has 0 aliphatic heterocycles. The predicted octanol–water partition coefficient (Wildman–Crippen LogP) is 24.4. The van der Waals surface area contributed by atoms with Gasteiger partial charge in [-0.05, 0) is 44.9 Å². The van der Waals surface area contributed by atoms with E-state index in [9.17, 15) is 14.4 Å². The molecule has 6 nitrogen and oxygen atoms in total. The van der Waals surface area contributed by atoms with Gasteiger partial charge in [0.15, 0.2) is 6.10 Å². The molecular formula is C72H138O6. The lowest BCUT2D eigenvalue weighted by atomic mass is 10.0. The van der Waals surface area contributed by atoms with Crippen LogP contribution in [0.2, 0.25) is 0 Å². The van der Waals surface area contributed by atoms with E-state index in [1.165, 1.54) is 315 Å². The molecule has 0 bridgehead atoms. The Hall–Kier alpha value is -1.85. The summed E-state index contributed by atoms with van der Waals surface area (Å²) in [6.07, 6.45) is 81.1. The maximum absolute atomic E-state index is 12.9. The van der Waals surface area contributed by atoms with Gasteiger partial charge in [-0.15, -0.1) is 0 Å². The van der Waals surface area contributed by atoms with Crippen LogP contribution in [0.25, 0.3) is 0 Å². The predicted molar refractivity (Wildman–Crippen MR) is 340 cm³/mol. The number of ether oxygens (including phenoxy) is 3. The van der Waals surface area contributed by atoms with Crippen molar-refractivity contribution in [3.63, 3.8) is 0 Å². The summed E-state index contributed by atoms with van der Waals surface area (Å²) in [6.45, 7) is 6.72. The van der Waals surface area contributed by atoms with Crippen molar-refractivity contribution in [2.24, 2.45) is 0 Å². The number of allylic oxidation sites excluding steroid dienone is 2. The van der Waals surface area contributed by atoms with Gasteiger partial charge < -0.3 is 14.2 Å². The molecular weight excluding hydrogens is 961 g/mol. The molecule has 1 atom stereocenters. The van der Waals surface area contributed by atoms with Gasteiger partial charge in [-0.3, -0.25) is 14.4 Å². The summed E-state index contributed by atoms with van der Waals surface area (Å²) in [6, 6.07) is 0. The normalized spacial score (nSPS) is 12.0. The van der Waals surface area contributed by atoms with Gasteiger partial charge in [0.25, 0.3) is 0 Å². The molecule has 0 saturated heterocycles. The fraction of sp³-hybridized carbons (Fsp3) is 0.931. The second-order valence-corrected chi connectivity index (χ2v) is 24.5. The molecule has 78 heavy (non-hydrogen) atoms. The van der Waals surface area contributed by atoms with Gasteiger partial charge in [0.1, 0.15) is 13.2 Å². The van der Waals surface area contributed by atoms with Gasteiger partial charge in [0.2, 0.25) is 0 Å². The highest BCUT2D eigenvalue weighted by atomic mass is 16.6. The molecule has 0 amide bonds. The van der Waals surface area contributed by atoms with Crippen LogP contribution in [0.4, 0.5) is 0 Å². The first kappa shape index (κ1) is 76.1. The van der Waals surface area contributed by atoms with Crippen molar-refractivity contribution in [3.8, 4) is 0 Å². The highest BCUT2D eigenvalue weighted by Crippen LogP contribution is 2.19. The summed E-state index contributed by atoms with van der Waals surface area (Å²) in [5.74, 6) is -0.826. The highest BCUT2D eigenvalue weighted by molar-refractivity contribution is 5.71. The molecule has 0 fully saturated rings. The molecule has 0 heterocycles. The van der Waals surface area contributed by atoms with Crippen LogP contribution in [0, 0.1) is 0 Å². The minimum Gasteiger partial charge on any atom is -0.462 e. The molecule has 0 aromatic carbocycles. The number of esters is 3. The molecule has 6 heteroatoms. The van der Waals surface area contributed by atoms with Crippen LogP contribution in [0.5, 0.6) is 0 Å². The lowest BCUT2D eigenvalue weighted by Gasteiger charge is -2.18. The largest absolute Gasteiger partial charge is 0.462 e. The lowest BCUT2D eigenvalue weighted by Crippen LogP contribution is -2.30. The Morgan fingerprint density at radius 2 is 0.423 bits per heavy atom. The van der Waals surface area contributed by atoms with Crippen LogP contribution < -0.4 is 0 Å². The first-order chi connectivity index (χ1) is 38.5. The summed E-state index contributed by atoms with van der Waals surface area (Å²) in [7, 11) is 0. The van der Waals surface area contributed by atoms with E-state index in [0.717, 1.165) is 57.8 Å². The third kappa shape index (κ3) is 65.0. The maximum atomic E-state index is 12.9. The van der Waals surface area contributed by atoms with Crippen molar-refractivity contribution in [1.82, 2.24) is 0 Å². The van der Waals surface area contributed by atoms with Crippen molar-refractivity contribution in [2.75, 3.05) is 13.2 Å². The minimum absolute atomic E-state index is 0.0619. The van der Waals surface area contributed by atoms with E-state index in [4.69, 9.17) is 14.2 Å². The maximum Gasteiger partial charge on any atom is 0.306 e. The molecule has 0 rings (SSSR count). The van der Waals surface area contributed by atoms with E-state index in [0.29, 0.717) is 19.3 Å². The Bertz CT molecular complexity index is 1210. The summed E-state index contributed by atoms with van der Waals surface area (Å²) >= 11 is 0. The average molecular weight is 1100 g/mol. The van der Waals surface area contributed by atoms with Crippen LogP contribution in [-0.2, 0) is 28.6 Å². The van der Waals surface area contributed by atoms with Crippen molar-refractivity contribution >= 4 is 17.9 Å². The van der Waals surface area contributed by atoms with Gasteiger partial charge in [-0.25, -0.2) is 0 Å². The number of carbonyl (C=O) groups excluding carboxylic acids is 3. The van der Waals surface area contributed by atoms with Crippen LogP contribution >= 0.6 is 0 Å². The summed E-state index contributed by atoms with van der Waals surface area (Å²) in [4.78, 5) is 38.4. The molecule has 0 spiro atoms. The second-order valence-electron chi connectivity index (χ2n) is 24.5. The van der Waals surface area contributed by atoms with E-state index in [-0.39, 0.29) is 31.1 Å². The average Bonchev–Trinajstić information content (AvgIpc) is 3.44. The zero-order chi connectivity index (χ0) is 56.4. The Kier molecular flexibility index (Phi) is 66.0. The van der Waals surface area contributed by atoms with Gasteiger partial charge in [-0.2, -0.15) is 0 Å². The molecule has 0 aliphatic carbocycles. The number of unbranched alkanes of at least 4 members (excludes halogenated alkanes) is 54. The van der Waals surface area contributed by atoms with E-state index in [1.54, 1.807) is 0 Å². The monoisotopic (exact) mass is 1100 g/mol. The number of hydrogen-bond acceptors (Lipinski definition) is 6. The van der Waals surface area contributed by atoms with Crippen LogP contribution in [0.15, 0.2) is 12.2 Å². The smallest absolute Gasteiger partial charge is 0.306 e. The topological polar surface area (TPSA) is 78.9 Å². The van der Waals surface area contributed by atoms with Crippen molar-refractivity contribution in [1.29, 1.82) is 0 Å². The molecule has 462 valence electrons. The molecule has 0 aromatic heterocycles. The summed E-state index contributed by atoms with van der Waals surface area (Å²) in [5, 5.41) is 0. The zero-order valence-electron chi connectivity index (χ0n) is 53.2. The standard InChI is InChI=1S/C72H138O6/c1-4-7-10-13-16-19-22-25-27-29-30-31-32-33-34-35-36-37-38-39-40-41-42-43-45-47-50-53-56-59-62-65-71(74)77-68-69(67-76-70(73)64-61-58-55-52-49-46-24-21-18-15-12-9-6-3)78-72(75)66-63-60-57-54-51-48-44-28-26-23-20-17-14-11-8-5-2/h29-30,69H,4-28,31-68H2,1-3H3/b30-29-. The number of carbonyl (C=O) groups is 3. The van der Waals surface area contributed by atoms with Gasteiger partial charge in [0, 0.05) is 19.3 Å². The zero-order valence-corrected chi connectivity index (χ0v) is 53.2. The Morgan fingerprint density at radius 3 is 0.641 bits per heavy atom.